The van der Waals surface area contributed by atoms with Crippen molar-refractivity contribution < 1.29 is 33.3 Å². The average Bonchev–Trinajstić information content (AvgIpc) is 2.77. The molecular weight excluding hydrogens is 436 g/mol. The van der Waals surface area contributed by atoms with E-state index in [0.717, 1.165) is 44.5 Å². The van der Waals surface area contributed by atoms with Crippen molar-refractivity contribution in [2.24, 2.45) is 5.92 Å². The van der Waals surface area contributed by atoms with Crippen LogP contribution in [0.25, 0.3) is 0 Å². The predicted molar refractivity (Wildman–Crippen MR) is 128 cm³/mol. The molecule has 5 atom stereocenters. The molecule has 0 N–H and O–H groups in total. The summed E-state index contributed by atoms with van der Waals surface area (Å²) in [5, 5.41) is 0. The zero-order valence-corrected chi connectivity index (χ0v) is 21.4. The molecule has 0 aliphatic carbocycles. The van der Waals surface area contributed by atoms with Crippen molar-refractivity contribution in [3.8, 4) is 5.75 Å². The predicted octanol–water partition coefficient (Wildman–Crippen LogP) is 4.72. The number of ether oxygens (including phenoxy) is 5. The molecule has 0 radical (unpaired) electrons. The van der Waals surface area contributed by atoms with Gasteiger partial charge in [-0.2, -0.15) is 0 Å². The minimum absolute atomic E-state index is 0.115. The Kier molecular flexibility index (Phi) is 8.99. The van der Waals surface area contributed by atoms with Gasteiger partial charge in [-0.05, 0) is 49.1 Å². The molecule has 2 aliphatic rings. The summed E-state index contributed by atoms with van der Waals surface area (Å²) in [6.45, 7) is 12.4. The SMILES string of the molecule is CC[C@H]1O[C@@H](OCCCCc2ccc3c(c2)C(C)(C)CCO3)[C@H](OC(C)=O)[C@@H](OC(C)=O)[C@@H]1C. The number of esters is 2. The first-order valence-electron chi connectivity index (χ1n) is 12.5. The largest absolute Gasteiger partial charge is 0.493 e. The van der Waals surface area contributed by atoms with Crippen molar-refractivity contribution in [2.75, 3.05) is 13.2 Å². The molecule has 1 fully saturated rings. The van der Waals surface area contributed by atoms with E-state index in [1.807, 2.05) is 13.8 Å². The molecule has 7 nitrogen and oxygen atoms in total. The van der Waals surface area contributed by atoms with Gasteiger partial charge in [0.05, 0.1) is 12.7 Å². The number of unbranched alkanes of at least 4 members (excludes halogenated alkanes) is 1. The molecule has 0 spiro atoms. The van der Waals surface area contributed by atoms with Gasteiger partial charge in [0.1, 0.15) is 11.9 Å². The van der Waals surface area contributed by atoms with Crippen LogP contribution in [0.5, 0.6) is 5.75 Å². The van der Waals surface area contributed by atoms with Gasteiger partial charge in [0.25, 0.3) is 0 Å². The Morgan fingerprint density at radius 3 is 2.47 bits per heavy atom. The van der Waals surface area contributed by atoms with Crippen molar-refractivity contribution in [1.29, 1.82) is 0 Å². The van der Waals surface area contributed by atoms with Gasteiger partial charge >= 0.3 is 11.9 Å². The van der Waals surface area contributed by atoms with Crippen LogP contribution in [0.15, 0.2) is 18.2 Å². The fourth-order valence-electron chi connectivity index (χ4n) is 4.89. The molecule has 0 bridgehead atoms. The van der Waals surface area contributed by atoms with Gasteiger partial charge in [-0.1, -0.05) is 39.8 Å². The highest BCUT2D eigenvalue weighted by Crippen LogP contribution is 2.39. The molecule has 1 aromatic carbocycles. The van der Waals surface area contributed by atoms with Crippen LogP contribution in [0.1, 0.15) is 78.4 Å². The Labute approximate surface area is 203 Å². The lowest BCUT2D eigenvalue weighted by Gasteiger charge is -2.43. The maximum Gasteiger partial charge on any atom is 0.303 e. The fourth-order valence-corrected chi connectivity index (χ4v) is 4.89. The second kappa shape index (κ2) is 11.5. The Morgan fingerprint density at radius 2 is 1.79 bits per heavy atom. The first-order chi connectivity index (χ1) is 16.1. The molecular formula is C27H40O7. The number of aryl methyl sites for hydroxylation is 1. The van der Waals surface area contributed by atoms with E-state index in [2.05, 4.69) is 32.0 Å². The van der Waals surface area contributed by atoms with Gasteiger partial charge in [0.15, 0.2) is 12.4 Å². The van der Waals surface area contributed by atoms with Crippen LogP contribution < -0.4 is 4.74 Å². The van der Waals surface area contributed by atoms with Gasteiger partial charge in [-0.15, -0.1) is 0 Å². The molecule has 0 unspecified atom stereocenters. The molecule has 190 valence electrons. The van der Waals surface area contributed by atoms with E-state index in [0.29, 0.717) is 6.61 Å². The molecule has 34 heavy (non-hydrogen) atoms. The minimum Gasteiger partial charge on any atom is -0.493 e. The van der Waals surface area contributed by atoms with Crippen molar-refractivity contribution in [1.82, 2.24) is 0 Å². The van der Waals surface area contributed by atoms with E-state index in [-0.39, 0.29) is 17.4 Å². The first-order valence-corrected chi connectivity index (χ1v) is 12.5. The van der Waals surface area contributed by atoms with E-state index in [1.54, 1.807) is 0 Å². The van der Waals surface area contributed by atoms with Gasteiger partial charge in [-0.25, -0.2) is 0 Å². The lowest BCUT2D eigenvalue weighted by molar-refractivity contribution is -0.290. The summed E-state index contributed by atoms with van der Waals surface area (Å²) in [6.07, 6.45) is 2.17. The monoisotopic (exact) mass is 476 g/mol. The summed E-state index contributed by atoms with van der Waals surface area (Å²) >= 11 is 0. The van der Waals surface area contributed by atoms with Crippen molar-refractivity contribution in [3.63, 3.8) is 0 Å². The molecule has 7 heteroatoms. The third-order valence-electron chi connectivity index (χ3n) is 6.91. The Bertz CT molecular complexity index is 849. The third-order valence-corrected chi connectivity index (χ3v) is 6.91. The number of carbonyl (C=O) groups is 2. The number of hydrogen-bond acceptors (Lipinski definition) is 7. The van der Waals surface area contributed by atoms with E-state index in [4.69, 9.17) is 23.7 Å². The quantitative estimate of drug-likeness (QED) is 0.377. The molecule has 0 saturated carbocycles. The molecule has 3 rings (SSSR count). The normalized spacial score (nSPS) is 27.9. The van der Waals surface area contributed by atoms with Gasteiger partial charge in [0.2, 0.25) is 0 Å². The highest BCUT2D eigenvalue weighted by molar-refractivity contribution is 5.67. The summed E-state index contributed by atoms with van der Waals surface area (Å²) in [6, 6.07) is 6.50. The maximum atomic E-state index is 11.7. The number of benzene rings is 1. The summed E-state index contributed by atoms with van der Waals surface area (Å²) in [7, 11) is 0. The van der Waals surface area contributed by atoms with Gasteiger partial charge in [0, 0.05) is 31.9 Å². The highest BCUT2D eigenvalue weighted by Gasteiger charge is 2.47. The van der Waals surface area contributed by atoms with Gasteiger partial charge in [-0.3, -0.25) is 9.59 Å². The standard InChI is InChI=1S/C27H40O7/c1-7-22-17(2)24(32-18(3)28)25(33-19(4)29)26(34-22)31-14-9-8-10-20-11-12-23-21(16-20)27(5,6)13-15-30-23/h11-12,16-17,22,24-26H,7-10,13-15H2,1-6H3/t17-,22-,24+,25-,26-/m1/s1. The molecule has 0 amide bonds. The third kappa shape index (κ3) is 6.51. The second-order valence-electron chi connectivity index (χ2n) is 10.1. The summed E-state index contributed by atoms with van der Waals surface area (Å²) < 4.78 is 29.0. The van der Waals surface area contributed by atoms with Crippen LogP contribution >= 0.6 is 0 Å². The highest BCUT2D eigenvalue weighted by atomic mass is 16.7. The van der Waals surface area contributed by atoms with E-state index < -0.39 is 30.4 Å². The zero-order valence-electron chi connectivity index (χ0n) is 21.4. The zero-order chi connectivity index (χ0) is 24.9. The summed E-state index contributed by atoms with van der Waals surface area (Å²) in [5.74, 6) is 0.00983. The fraction of sp³-hybridized carbons (Fsp3) is 0.704. The summed E-state index contributed by atoms with van der Waals surface area (Å²) in [4.78, 5) is 23.4. The number of hydrogen-bond donors (Lipinski definition) is 0. The lowest BCUT2D eigenvalue weighted by Crippen LogP contribution is -2.57. The van der Waals surface area contributed by atoms with Crippen LogP contribution in [0.2, 0.25) is 0 Å². The smallest absolute Gasteiger partial charge is 0.303 e. The lowest BCUT2D eigenvalue weighted by atomic mass is 9.79. The van der Waals surface area contributed by atoms with Crippen molar-refractivity contribution in [3.05, 3.63) is 29.3 Å². The maximum absolute atomic E-state index is 11.7. The van der Waals surface area contributed by atoms with Crippen LogP contribution in [0, 0.1) is 5.92 Å². The van der Waals surface area contributed by atoms with E-state index in [9.17, 15) is 9.59 Å². The number of fused-ring (bicyclic) bond motifs is 1. The average molecular weight is 477 g/mol. The number of carbonyl (C=O) groups excluding carboxylic acids is 2. The van der Waals surface area contributed by atoms with Crippen LogP contribution in [0.3, 0.4) is 0 Å². The Morgan fingerprint density at radius 1 is 1.09 bits per heavy atom. The van der Waals surface area contributed by atoms with Crippen LogP contribution in [-0.4, -0.2) is 49.8 Å². The minimum atomic E-state index is -0.790. The molecule has 0 aromatic heterocycles. The van der Waals surface area contributed by atoms with Gasteiger partial charge < -0.3 is 23.7 Å². The van der Waals surface area contributed by atoms with Crippen molar-refractivity contribution in [2.45, 2.75) is 104 Å². The van der Waals surface area contributed by atoms with E-state index in [1.165, 1.54) is 25.0 Å². The molecule has 2 heterocycles. The molecule has 2 aliphatic heterocycles. The van der Waals surface area contributed by atoms with Crippen LogP contribution in [-0.2, 0) is 40.4 Å². The molecule has 1 saturated heterocycles. The number of rotatable bonds is 9. The topological polar surface area (TPSA) is 80.3 Å². The first kappa shape index (κ1) is 26.5. The summed E-state index contributed by atoms with van der Waals surface area (Å²) in [5.41, 5.74) is 2.70. The Hall–Kier alpha value is -2.12. The Balaban J connectivity index is 1.57. The van der Waals surface area contributed by atoms with Crippen LogP contribution in [0.4, 0.5) is 0 Å². The molecule has 1 aromatic rings. The van der Waals surface area contributed by atoms with Crippen molar-refractivity contribution >= 4 is 11.9 Å². The van der Waals surface area contributed by atoms with E-state index >= 15 is 0 Å². The second-order valence-corrected chi connectivity index (χ2v) is 10.1.